The molecule has 2 N–H and O–H groups in total. The largest absolute Gasteiger partial charge is 0.480 e. The van der Waals surface area contributed by atoms with Crippen LogP contribution in [0.25, 0.3) is 5.57 Å². The predicted octanol–water partition coefficient (Wildman–Crippen LogP) is 2.28. The number of carboxylic acid groups (broad SMARTS) is 1. The Morgan fingerprint density at radius 1 is 1.21 bits per heavy atom. The van der Waals surface area contributed by atoms with Gasteiger partial charge in [0.15, 0.2) is 0 Å². The second-order valence-electron chi connectivity index (χ2n) is 8.40. The van der Waals surface area contributed by atoms with Crippen LogP contribution in [0.3, 0.4) is 0 Å². The molecule has 0 bridgehead atoms. The fourth-order valence-corrected chi connectivity index (χ4v) is 4.37. The number of aromatic nitrogens is 1. The van der Waals surface area contributed by atoms with Crippen molar-refractivity contribution >= 4 is 23.4 Å². The van der Waals surface area contributed by atoms with Gasteiger partial charge in [-0.1, -0.05) is 24.3 Å². The predicted molar refractivity (Wildman–Crippen MR) is 132 cm³/mol. The Morgan fingerprint density at radius 3 is 2.76 bits per heavy atom. The number of benzene rings is 1. The minimum atomic E-state index is -0.772. The van der Waals surface area contributed by atoms with Crippen LogP contribution in [0.15, 0.2) is 60.1 Å². The standard InChI is InChI=1S/C25H32N6O3/c1-2-31(21-8-10-26-11-9-21)27-16-20-6-3-4-7-22(20)23-17-28-34-24(23)18-29-12-5-13-30(15-14-29)19-25(32)33/h3-4,6-11,16-17,24,28H,2,5,12-15,18-19H2,1H3,(H,32,33). The maximum atomic E-state index is 11.1. The first-order valence-electron chi connectivity index (χ1n) is 11.7. The number of aliphatic carboxylic acids is 1. The van der Waals surface area contributed by atoms with Crippen LogP contribution in [-0.4, -0.2) is 84.0 Å². The molecule has 9 nitrogen and oxygen atoms in total. The molecule has 1 atom stereocenters. The summed E-state index contributed by atoms with van der Waals surface area (Å²) < 4.78 is 0. The Hall–Kier alpha value is -3.27. The summed E-state index contributed by atoms with van der Waals surface area (Å²) >= 11 is 0. The van der Waals surface area contributed by atoms with Gasteiger partial charge in [-0.3, -0.25) is 34.9 Å². The third-order valence-corrected chi connectivity index (χ3v) is 6.10. The van der Waals surface area contributed by atoms with E-state index in [4.69, 9.17) is 15.0 Å². The van der Waals surface area contributed by atoms with Crippen LogP contribution in [0.5, 0.6) is 0 Å². The molecule has 2 aliphatic heterocycles. The number of nitrogens with one attached hydrogen (secondary N) is 1. The maximum Gasteiger partial charge on any atom is 0.317 e. The van der Waals surface area contributed by atoms with E-state index in [0.29, 0.717) is 0 Å². The number of nitrogens with zero attached hydrogens (tertiary/aromatic N) is 5. The lowest BCUT2D eigenvalue weighted by Gasteiger charge is -2.25. The van der Waals surface area contributed by atoms with Gasteiger partial charge in [0, 0.05) is 62.5 Å². The minimum Gasteiger partial charge on any atom is -0.480 e. The number of anilines is 1. The lowest BCUT2D eigenvalue weighted by Crippen LogP contribution is -2.38. The van der Waals surface area contributed by atoms with E-state index in [1.165, 1.54) is 0 Å². The van der Waals surface area contributed by atoms with Crippen LogP contribution in [0.4, 0.5) is 5.69 Å². The van der Waals surface area contributed by atoms with E-state index in [0.717, 1.165) is 68.1 Å². The number of hydrogen-bond acceptors (Lipinski definition) is 8. The minimum absolute atomic E-state index is 0.0987. The molecule has 1 saturated heterocycles. The van der Waals surface area contributed by atoms with Crippen molar-refractivity contribution in [2.75, 3.05) is 50.8 Å². The number of rotatable bonds is 9. The molecule has 4 rings (SSSR count). The highest BCUT2D eigenvalue weighted by Gasteiger charge is 2.27. The Morgan fingerprint density at radius 2 is 1.97 bits per heavy atom. The zero-order valence-electron chi connectivity index (χ0n) is 19.5. The highest BCUT2D eigenvalue weighted by Crippen LogP contribution is 2.27. The number of hydrogen-bond donors (Lipinski definition) is 2. The molecular weight excluding hydrogens is 432 g/mol. The molecule has 0 spiro atoms. The molecule has 1 aromatic carbocycles. The van der Waals surface area contributed by atoms with Gasteiger partial charge in [0.25, 0.3) is 0 Å². The second kappa shape index (κ2) is 11.7. The van der Waals surface area contributed by atoms with Gasteiger partial charge in [0.1, 0.15) is 6.10 Å². The summed E-state index contributed by atoms with van der Waals surface area (Å²) in [6.45, 7) is 6.94. The Bertz CT molecular complexity index is 1010. The summed E-state index contributed by atoms with van der Waals surface area (Å²) in [6, 6.07) is 12.1. The zero-order valence-corrected chi connectivity index (χ0v) is 19.5. The van der Waals surface area contributed by atoms with Crippen LogP contribution in [0, 0.1) is 0 Å². The summed E-state index contributed by atoms with van der Waals surface area (Å²) in [5.74, 6) is -0.772. The van der Waals surface area contributed by atoms with E-state index in [9.17, 15) is 4.79 Å². The topological polar surface area (TPSA) is 93.5 Å². The van der Waals surface area contributed by atoms with Crippen molar-refractivity contribution in [3.63, 3.8) is 0 Å². The van der Waals surface area contributed by atoms with Gasteiger partial charge in [-0.05, 0) is 37.6 Å². The molecule has 2 aliphatic rings. The highest BCUT2D eigenvalue weighted by molar-refractivity contribution is 5.90. The van der Waals surface area contributed by atoms with Crippen LogP contribution in [-0.2, 0) is 9.63 Å². The van der Waals surface area contributed by atoms with Crippen LogP contribution >= 0.6 is 0 Å². The normalized spacial score (nSPS) is 19.6. The number of hydroxylamine groups is 1. The molecule has 1 unspecified atom stereocenters. The number of carboxylic acids is 1. The van der Waals surface area contributed by atoms with Gasteiger partial charge in [-0.25, -0.2) is 0 Å². The van der Waals surface area contributed by atoms with Crippen molar-refractivity contribution in [1.29, 1.82) is 0 Å². The van der Waals surface area contributed by atoms with Crippen molar-refractivity contribution in [3.8, 4) is 0 Å². The molecule has 0 radical (unpaired) electrons. The highest BCUT2D eigenvalue weighted by atomic mass is 16.7. The van der Waals surface area contributed by atoms with Crippen LogP contribution in [0.2, 0.25) is 0 Å². The van der Waals surface area contributed by atoms with Crippen molar-refractivity contribution in [3.05, 3.63) is 66.1 Å². The smallest absolute Gasteiger partial charge is 0.317 e. The van der Waals surface area contributed by atoms with E-state index >= 15 is 0 Å². The van der Waals surface area contributed by atoms with Gasteiger partial charge in [0.05, 0.1) is 18.4 Å². The van der Waals surface area contributed by atoms with E-state index in [1.807, 2.05) is 46.6 Å². The van der Waals surface area contributed by atoms with Gasteiger partial charge in [-0.15, -0.1) is 0 Å². The van der Waals surface area contributed by atoms with Crippen molar-refractivity contribution < 1.29 is 14.7 Å². The van der Waals surface area contributed by atoms with E-state index in [-0.39, 0.29) is 12.6 Å². The first-order valence-corrected chi connectivity index (χ1v) is 11.7. The Kier molecular flexibility index (Phi) is 8.24. The third kappa shape index (κ3) is 6.19. The monoisotopic (exact) mass is 464 g/mol. The molecule has 9 heteroatoms. The first-order chi connectivity index (χ1) is 16.6. The average molecular weight is 465 g/mol. The number of hydrazone groups is 1. The van der Waals surface area contributed by atoms with Crippen LogP contribution in [0.1, 0.15) is 24.5 Å². The molecule has 0 aliphatic carbocycles. The summed E-state index contributed by atoms with van der Waals surface area (Å²) in [5.41, 5.74) is 7.12. The number of carbonyl (C=O) groups is 1. The van der Waals surface area contributed by atoms with E-state index < -0.39 is 5.97 Å². The zero-order chi connectivity index (χ0) is 23.8. The fourth-order valence-electron chi connectivity index (χ4n) is 4.37. The molecule has 3 heterocycles. The number of pyridine rings is 1. The van der Waals surface area contributed by atoms with Gasteiger partial charge in [0.2, 0.25) is 0 Å². The molecule has 2 aromatic rings. The molecule has 0 amide bonds. The maximum absolute atomic E-state index is 11.1. The van der Waals surface area contributed by atoms with E-state index in [1.54, 1.807) is 12.4 Å². The van der Waals surface area contributed by atoms with E-state index in [2.05, 4.69) is 34.4 Å². The summed E-state index contributed by atoms with van der Waals surface area (Å²) in [7, 11) is 0. The van der Waals surface area contributed by atoms with Crippen molar-refractivity contribution in [2.24, 2.45) is 5.10 Å². The Balaban J connectivity index is 1.45. The van der Waals surface area contributed by atoms with Gasteiger partial charge >= 0.3 is 5.97 Å². The summed E-state index contributed by atoms with van der Waals surface area (Å²) in [5, 5.41) is 15.8. The SMILES string of the molecule is CCN(N=Cc1ccccc1C1=CNOC1CN1CCCN(CC(=O)O)CC1)c1ccncc1. The third-order valence-electron chi connectivity index (χ3n) is 6.10. The first kappa shape index (κ1) is 23.9. The molecule has 180 valence electrons. The Labute approximate surface area is 200 Å². The summed E-state index contributed by atoms with van der Waals surface area (Å²) in [4.78, 5) is 25.4. The lowest BCUT2D eigenvalue weighted by atomic mass is 9.97. The van der Waals surface area contributed by atoms with Crippen LogP contribution < -0.4 is 10.5 Å². The molecular formula is C25H32N6O3. The molecule has 1 fully saturated rings. The fraction of sp³-hybridized carbons (Fsp3) is 0.400. The van der Waals surface area contributed by atoms with Crippen molar-refractivity contribution in [1.82, 2.24) is 20.3 Å². The second-order valence-corrected chi connectivity index (χ2v) is 8.40. The molecule has 0 saturated carbocycles. The quantitative estimate of drug-likeness (QED) is 0.431. The molecule has 34 heavy (non-hydrogen) atoms. The van der Waals surface area contributed by atoms with Crippen molar-refractivity contribution in [2.45, 2.75) is 19.4 Å². The van der Waals surface area contributed by atoms with Gasteiger partial charge < -0.3 is 5.11 Å². The summed E-state index contributed by atoms with van der Waals surface area (Å²) in [6.07, 6.45) is 8.17. The molecule has 1 aromatic heterocycles. The lowest BCUT2D eigenvalue weighted by molar-refractivity contribution is -0.138. The average Bonchev–Trinajstić information content (AvgIpc) is 3.20. The van der Waals surface area contributed by atoms with Gasteiger partial charge in [-0.2, -0.15) is 5.10 Å².